The van der Waals surface area contributed by atoms with Gasteiger partial charge in [0.15, 0.2) is 5.65 Å². The molecule has 2 aromatic heterocycles. The second-order valence-electron chi connectivity index (χ2n) is 6.37. The predicted octanol–water partition coefficient (Wildman–Crippen LogP) is 2.95. The van der Waals surface area contributed by atoms with Crippen LogP contribution in [0.2, 0.25) is 0 Å². The lowest BCUT2D eigenvalue weighted by molar-refractivity contribution is 0.0595. The average molecular weight is 336 g/mol. The highest BCUT2D eigenvalue weighted by Gasteiger charge is 2.25. The number of hydrogen-bond donors (Lipinski definition) is 1. The van der Waals surface area contributed by atoms with Crippen molar-refractivity contribution in [3.63, 3.8) is 0 Å². The van der Waals surface area contributed by atoms with Gasteiger partial charge in [-0.3, -0.25) is 9.89 Å². The Kier molecular flexibility index (Phi) is 4.09. The summed E-state index contributed by atoms with van der Waals surface area (Å²) >= 11 is 0. The highest BCUT2D eigenvalue weighted by molar-refractivity contribution is 5.97. The molecule has 1 N–H and O–H groups in total. The summed E-state index contributed by atoms with van der Waals surface area (Å²) in [7, 11) is 0. The van der Waals surface area contributed by atoms with Crippen LogP contribution in [0.3, 0.4) is 0 Å². The number of H-pyrrole nitrogens is 1. The Morgan fingerprint density at radius 3 is 2.76 bits per heavy atom. The number of aromatic amines is 1. The zero-order valence-corrected chi connectivity index (χ0v) is 14.1. The fourth-order valence-corrected chi connectivity index (χ4v) is 3.19. The lowest BCUT2D eigenvalue weighted by atomic mass is 10.1. The van der Waals surface area contributed by atoms with Gasteiger partial charge in [-0.15, -0.1) is 0 Å². The molecule has 0 unspecified atom stereocenters. The fourth-order valence-electron chi connectivity index (χ4n) is 3.19. The molecule has 25 heavy (non-hydrogen) atoms. The van der Waals surface area contributed by atoms with E-state index in [0.29, 0.717) is 24.3 Å². The minimum atomic E-state index is 0.0214. The molecule has 0 spiro atoms. The van der Waals surface area contributed by atoms with Crippen molar-refractivity contribution in [3.8, 4) is 5.75 Å². The Morgan fingerprint density at radius 1 is 1.24 bits per heavy atom. The summed E-state index contributed by atoms with van der Waals surface area (Å²) < 4.78 is 5.99. The van der Waals surface area contributed by atoms with E-state index in [1.165, 1.54) is 0 Å². The van der Waals surface area contributed by atoms with E-state index in [1.807, 2.05) is 48.2 Å². The van der Waals surface area contributed by atoms with Crippen LogP contribution in [0.5, 0.6) is 5.75 Å². The van der Waals surface area contributed by atoms with E-state index in [0.717, 1.165) is 29.7 Å². The quantitative estimate of drug-likeness (QED) is 0.798. The second-order valence-corrected chi connectivity index (χ2v) is 6.37. The molecule has 3 aromatic rings. The maximum atomic E-state index is 12.8. The number of aryl methyl sites for hydroxylation is 1. The smallest absolute Gasteiger partial charge is 0.255 e. The third-order valence-electron chi connectivity index (χ3n) is 4.62. The molecule has 4 rings (SSSR count). The highest BCUT2D eigenvalue weighted by atomic mass is 16.5. The van der Waals surface area contributed by atoms with Gasteiger partial charge in [0.2, 0.25) is 0 Å². The largest absolute Gasteiger partial charge is 0.490 e. The van der Waals surface area contributed by atoms with Gasteiger partial charge in [0.05, 0.1) is 5.56 Å². The van der Waals surface area contributed by atoms with E-state index in [1.54, 1.807) is 6.20 Å². The minimum absolute atomic E-state index is 0.0214. The Balaban J connectivity index is 1.41. The van der Waals surface area contributed by atoms with Crippen LogP contribution in [-0.4, -0.2) is 45.2 Å². The summed E-state index contributed by atoms with van der Waals surface area (Å²) in [4.78, 5) is 18.9. The number of para-hydroxylation sites is 1. The lowest BCUT2D eigenvalue weighted by Gasteiger charge is -2.32. The van der Waals surface area contributed by atoms with Crippen molar-refractivity contribution in [2.24, 2.45) is 0 Å². The number of nitrogens with zero attached hydrogens (tertiary/aromatic N) is 3. The number of pyridine rings is 1. The molecule has 1 fully saturated rings. The van der Waals surface area contributed by atoms with Gasteiger partial charge >= 0.3 is 0 Å². The molecule has 1 aliphatic rings. The van der Waals surface area contributed by atoms with Gasteiger partial charge in [-0.25, -0.2) is 4.98 Å². The number of benzene rings is 1. The Bertz CT molecular complexity index is 883. The van der Waals surface area contributed by atoms with Crippen molar-refractivity contribution >= 4 is 16.9 Å². The molecule has 0 atom stereocenters. The normalized spacial score (nSPS) is 15.5. The van der Waals surface area contributed by atoms with E-state index in [4.69, 9.17) is 4.74 Å². The molecule has 0 aliphatic carbocycles. The molecule has 1 aliphatic heterocycles. The summed E-state index contributed by atoms with van der Waals surface area (Å²) in [6, 6.07) is 11.7. The van der Waals surface area contributed by atoms with Crippen LogP contribution in [0, 0.1) is 6.92 Å². The summed E-state index contributed by atoms with van der Waals surface area (Å²) in [5, 5.41) is 7.90. The molecule has 1 aromatic carbocycles. The summed E-state index contributed by atoms with van der Waals surface area (Å²) in [5.74, 6) is 0.908. The van der Waals surface area contributed by atoms with Crippen LogP contribution in [0.4, 0.5) is 0 Å². The minimum Gasteiger partial charge on any atom is -0.490 e. The number of ether oxygens (including phenoxy) is 1. The molecule has 0 radical (unpaired) electrons. The molecule has 3 heterocycles. The first-order valence-corrected chi connectivity index (χ1v) is 8.52. The van der Waals surface area contributed by atoms with E-state index in [9.17, 15) is 4.79 Å². The van der Waals surface area contributed by atoms with Crippen molar-refractivity contribution in [1.29, 1.82) is 0 Å². The standard InChI is InChI=1S/C19H20N4O2/c1-13-17-11-14(12-20-18(17)22-21-13)19(24)23-9-7-16(8-10-23)25-15-5-3-2-4-6-15/h2-6,11-12,16H,7-10H2,1H3,(H,20,21,22). The maximum Gasteiger partial charge on any atom is 0.255 e. The number of piperidine rings is 1. The number of rotatable bonds is 3. The molecule has 1 saturated heterocycles. The number of carbonyl (C=O) groups is 1. The van der Waals surface area contributed by atoms with Crippen molar-refractivity contribution in [2.75, 3.05) is 13.1 Å². The zero-order valence-electron chi connectivity index (χ0n) is 14.1. The van der Waals surface area contributed by atoms with Crippen LogP contribution in [0.15, 0.2) is 42.6 Å². The molecule has 1 amide bonds. The van der Waals surface area contributed by atoms with Crippen molar-refractivity contribution < 1.29 is 9.53 Å². The van der Waals surface area contributed by atoms with Crippen LogP contribution in [0.25, 0.3) is 11.0 Å². The van der Waals surface area contributed by atoms with Crippen molar-refractivity contribution in [1.82, 2.24) is 20.1 Å². The molecule has 6 nitrogen and oxygen atoms in total. The average Bonchev–Trinajstić information content (AvgIpc) is 3.03. The molecule has 128 valence electrons. The van der Waals surface area contributed by atoms with Gasteiger partial charge in [-0.2, -0.15) is 5.10 Å². The first-order chi connectivity index (χ1) is 12.2. The number of amides is 1. The summed E-state index contributed by atoms with van der Waals surface area (Å²) in [6.45, 7) is 3.31. The Morgan fingerprint density at radius 2 is 2.00 bits per heavy atom. The van der Waals surface area contributed by atoms with Gasteiger partial charge in [-0.1, -0.05) is 18.2 Å². The molecule has 0 saturated carbocycles. The number of fused-ring (bicyclic) bond motifs is 1. The monoisotopic (exact) mass is 336 g/mol. The first kappa shape index (κ1) is 15.6. The fraction of sp³-hybridized carbons (Fsp3) is 0.316. The maximum absolute atomic E-state index is 12.8. The van der Waals surface area contributed by atoms with Crippen molar-refractivity contribution in [2.45, 2.75) is 25.9 Å². The third-order valence-corrected chi connectivity index (χ3v) is 4.62. The van der Waals surface area contributed by atoms with Crippen LogP contribution < -0.4 is 4.74 Å². The molecular formula is C19H20N4O2. The number of hydrogen-bond acceptors (Lipinski definition) is 4. The van der Waals surface area contributed by atoms with Gasteiger partial charge < -0.3 is 9.64 Å². The van der Waals surface area contributed by atoms with Gasteiger partial charge in [0.25, 0.3) is 5.91 Å². The van der Waals surface area contributed by atoms with Crippen LogP contribution in [0.1, 0.15) is 28.9 Å². The zero-order chi connectivity index (χ0) is 17.2. The van der Waals surface area contributed by atoms with Gasteiger partial charge in [-0.05, 0) is 25.1 Å². The molecular weight excluding hydrogens is 316 g/mol. The Hall–Kier alpha value is -2.89. The topological polar surface area (TPSA) is 71.1 Å². The van der Waals surface area contributed by atoms with Crippen LogP contribution >= 0.6 is 0 Å². The third kappa shape index (κ3) is 3.20. The van der Waals surface area contributed by atoms with E-state index in [2.05, 4.69) is 15.2 Å². The summed E-state index contributed by atoms with van der Waals surface area (Å²) in [5.41, 5.74) is 2.18. The van der Waals surface area contributed by atoms with Gasteiger partial charge in [0.1, 0.15) is 11.9 Å². The first-order valence-electron chi connectivity index (χ1n) is 8.52. The summed E-state index contributed by atoms with van der Waals surface area (Å²) in [6.07, 6.45) is 3.43. The highest BCUT2D eigenvalue weighted by Crippen LogP contribution is 2.21. The lowest BCUT2D eigenvalue weighted by Crippen LogP contribution is -2.41. The second kappa shape index (κ2) is 6.55. The molecule has 0 bridgehead atoms. The van der Waals surface area contributed by atoms with Crippen LogP contribution in [-0.2, 0) is 0 Å². The number of carbonyl (C=O) groups excluding carboxylic acids is 1. The number of nitrogens with one attached hydrogen (secondary N) is 1. The predicted molar refractivity (Wildman–Crippen MR) is 94.6 cm³/mol. The SMILES string of the molecule is Cc1[nH]nc2ncc(C(=O)N3CCC(Oc4ccccc4)CC3)cc12. The van der Waals surface area contributed by atoms with E-state index < -0.39 is 0 Å². The van der Waals surface area contributed by atoms with E-state index >= 15 is 0 Å². The van der Waals surface area contributed by atoms with Crippen molar-refractivity contribution in [3.05, 3.63) is 53.9 Å². The van der Waals surface area contributed by atoms with Gasteiger partial charge in [0, 0.05) is 43.2 Å². The number of likely N-dealkylation sites (tertiary alicyclic amines) is 1. The molecule has 6 heteroatoms. The van der Waals surface area contributed by atoms with E-state index in [-0.39, 0.29) is 12.0 Å². The number of aromatic nitrogens is 3. The Labute approximate surface area is 145 Å².